The Balaban J connectivity index is -0.00000000200. The van der Waals surface area contributed by atoms with Gasteiger partial charge in [-0.05, 0) is 0 Å². The van der Waals surface area contributed by atoms with E-state index in [0.29, 0.717) is 0 Å². The van der Waals surface area contributed by atoms with Crippen molar-refractivity contribution < 1.29 is 113 Å². The van der Waals surface area contributed by atoms with Crippen molar-refractivity contribution >= 4 is 0 Å². The predicted molar refractivity (Wildman–Crippen MR) is 9.16 cm³/mol. The molecule has 0 N–H and O–H groups in total. The quantitative estimate of drug-likeness (QED) is 0.214. The molecule has 0 aliphatic carbocycles. The minimum absolute atomic E-state index is 0. The second-order valence-corrected chi connectivity index (χ2v) is 0.0745. The van der Waals surface area contributed by atoms with E-state index in [-0.39, 0.29) is 113 Å². The molecule has 0 rings (SSSR count). The Morgan fingerprint density at radius 1 is 1.00 bits per heavy atom. The summed E-state index contributed by atoms with van der Waals surface area (Å²) in [5.41, 5.74) is 0. The van der Waals surface area contributed by atoms with Crippen molar-refractivity contribution in [1.82, 2.24) is 0 Å². The smallest absolute Gasteiger partial charge is 1.00 e. The number of hydrogen-bond donors (Lipinski definition) is 0. The number of halogens is 2. The molecule has 0 fully saturated rings. The van der Waals surface area contributed by atoms with Crippen LogP contribution in [0, 0.1) is 10.1 Å². The molecule has 0 atom stereocenters. The Hall–Kier alpha value is 2.98. The van der Waals surface area contributed by atoms with Crippen molar-refractivity contribution in [3.8, 4) is 0 Å². The van der Waals surface area contributed by atoms with Gasteiger partial charge in [-0.3, -0.25) is 0 Å². The molecule has 0 spiro atoms. The van der Waals surface area contributed by atoms with Crippen molar-refractivity contribution in [3.63, 3.8) is 0 Å². The number of hydrogen-bond acceptors (Lipinski definition) is 3. The fourth-order valence-electron chi connectivity index (χ4n) is 0. The van der Waals surface area contributed by atoms with Crippen molar-refractivity contribution in [2.24, 2.45) is 5.34 Å². The molecule has 0 aromatic heterocycles. The number of nitrogens with zero attached hydrogens (tertiary/aromatic N) is 1. The molecule has 0 aromatic rings. The molecule has 0 amide bonds. The van der Waals surface area contributed by atoms with Crippen molar-refractivity contribution in [2.75, 3.05) is 0 Å². The van der Waals surface area contributed by atoms with E-state index in [4.69, 9.17) is 10.1 Å². The molecule has 8 heavy (non-hydrogen) atoms. The summed E-state index contributed by atoms with van der Waals surface area (Å²) < 4.78 is 0. The summed E-state index contributed by atoms with van der Waals surface area (Å²) in [6.07, 6.45) is 0. The van der Waals surface area contributed by atoms with Crippen molar-refractivity contribution in [1.29, 1.82) is 0 Å². The predicted octanol–water partition coefficient (Wildman–Crippen LogP) is -14.7. The third kappa shape index (κ3) is 64.4. The van der Waals surface area contributed by atoms with E-state index < -0.39 is 0 Å². The molecule has 0 saturated heterocycles. The van der Waals surface area contributed by atoms with Gasteiger partial charge in [-0.15, -0.1) is 5.34 Å². The monoisotopic (exact) mass is 185 g/mol. The van der Waals surface area contributed by atoms with Gasteiger partial charge in [0.2, 0.25) is 0 Å². The zero-order chi connectivity index (χ0) is 2.71. The van der Waals surface area contributed by atoms with E-state index in [1.807, 2.05) is 0 Å². The fraction of sp³-hybridized carbons (Fsp3) is 0. The standard InChI is InChI=1S/2ClH.HNO2.3Na/c;;2-1-3;;;/h2*1H;(H,2,3);;;/q;;;3*+1/p-3. The average molecular weight is 186 g/mol. The van der Waals surface area contributed by atoms with E-state index in [1.165, 1.54) is 0 Å². The van der Waals surface area contributed by atoms with E-state index in [2.05, 4.69) is 0 Å². The molecule has 0 aliphatic heterocycles. The Bertz CT molecular complexity index is 22.8. The van der Waals surface area contributed by atoms with Gasteiger partial charge in [0.05, 0.1) is 0 Å². The maximum Gasteiger partial charge on any atom is 1.00 e. The molecular weight excluding hydrogens is 186 g/mol. The average Bonchev–Trinajstić information content (AvgIpc) is 0.918. The van der Waals surface area contributed by atoms with Crippen molar-refractivity contribution in [3.05, 3.63) is 10.1 Å². The molecule has 0 radical (unpaired) electrons. The van der Waals surface area contributed by atoms with Crippen LogP contribution in [-0.2, 0) is 0 Å². The molecule has 34 valence electrons. The van der Waals surface area contributed by atoms with Crippen LogP contribution in [0.3, 0.4) is 0 Å². The van der Waals surface area contributed by atoms with E-state index in [0.717, 1.165) is 5.34 Å². The maximum atomic E-state index is 8.00. The first kappa shape index (κ1) is 44.1. The van der Waals surface area contributed by atoms with Gasteiger partial charge in [0.25, 0.3) is 0 Å². The second-order valence-electron chi connectivity index (χ2n) is 0.0745. The van der Waals surface area contributed by atoms with E-state index in [9.17, 15) is 0 Å². The molecule has 0 heterocycles. The second kappa shape index (κ2) is 50.8. The third-order valence-corrected chi connectivity index (χ3v) is 0. The molecule has 0 bridgehead atoms. The van der Waals surface area contributed by atoms with Gasteiger partial charge >= 0.3 is 88.7 Å². The summed E-state index contributed by atoms with van der Waals surface area (Å²) in [5.74, 6) is 0. The Morgan fingerprint density at radius 3 is 1.00 bits per heavy atom. The topological polar surface area (TPSA) is 52.5 Å². The molecule has 3 nitrogen and oxygen atoms in total. The van der Waals surface area contributed by atoms with Gasteiger partial charge < -0.3 is 34.9 Å². The van der Waals surface area contributed by atoms with Crippen LogP contribution < -0.4 is 113 Å². The molecule has 8 heteroatoms. The zero-order valence-electron chi connectivity index (χ0n) is 5.02. The van der Waals surface area contributed by atoms with Gasteiger partial charge in [0, 0.05) is 0 Å². The maximum absolute atomic E-state index is 8.00. The van der Waals surface area contributed by atoms with Gasteiger partial charge in [-0.2, -0.15) is 0 Å². The molecule has 0 unspecified atom stereocenters. The molecular formula is Cl2NNa3O2. The Morgan fingerprint density at radius 2 is 1.00 bits per heavy atom. The summed E-state index contributed by atoms with van der Waals surface area (Å²) in [7, 11) is 0. The third-order valence-electron chi connectivity index (χ3n) is 0. The summed E-state index contributed by atoms with van der Waals surface area (Å²) in [4.78, 5) is 8.00. The first-order chi connectivity index (χ1) is 1.41. The van der Waals surface area contributed by atoms with Gasteiger partial charge in [-0.25, -0.2) is 0 Å². The first-order valence-electron chi connectivity index (χ1n) is 0.365. The summed E-state index contributed by atoms with van der Waals surface area (Å²) in [5, 5.41) is 9.00. The minimum atomic E-state index is 0. The number of rotatable bonds is 0. The van der Waals surface area contributed by atoms with Crippen LogP contribution in [-0.4, -0.2) is 0 Å². The van der Waals surface area contributed by atoms with Crippen LogP contribution >= 0.6 is 0 Å². The summed E-state index contributed by atoms with van der Waals surface area (Å²) in [6, 6.07) is 0. The fourth-order valence-corrected chi connectivity index (χ4v) is 0. The van der Waals surface area contributed by atoms with Crippen LogP contribution in [0.4, 0.5) is 0 Å². The largest absolute Gasteiger partial charge is 1.00 e. The minimum Gasteiger partial charge on any atom is -1.00 e. The first-order valence-corrected chi connectivity index (χ1v) is 0.365. The summed E-state index contributed by atoms with van der Waals surface area (Å²) in [6.45, 7) is 0. The van der Waals surface area contributed by atoms with E-state index in [1.54, 1.807) is 0 Å². The molecule has 0 aliphatic rings. The van der Waals surface area contributed by atoms with Crippen molar-refractivity contribution in [2.45, 2.75) is 0 Å². The van der Waals surface area contributed by atoms with Gasteiger partial charge in [0.1, 0.15) is 0 Å². The molecule has 0 aromatic carbocycles. The van der Waals surface area contributed by atoms with E-state index >= 15 is 0 Å². The van der Waals surface area contributed by atoms with Crippen LogP contribution in [0.1, 0.15) is 0 Å². The van der Waals surface area contributed by atoms with Gasteiger partial charge in [0.15, 0.2) is 0 Å². The molecule has 0 saturated carbocycles. The van der Waals surface area contributed by atoms with Crippen LogP contribution in [0.2, 0.25) is 0 Å². The SMILES string of the molecule is O=N[O-].[Cl-].[Cl-].[Na+].[Na+].[Na+]. The van der Waals surface area contributed by atoms with Crippen LogP contribution in [0.25, 0.3) is 0 Å². The normalized spacial score (nSPS) is 1.50. The summed E-state index contributed by atoms with van der Waals surface area (Å²) >= 11 is 0. The zero-order valence-corrected chi connectivity index (χ0v) is 12.5. The Kier molecular flexibility index (Phi) is 280. The van der Waals surface area contributed by atoms with Crippen LogP contribution in [0.5, 0.6) is 0 Å². The van der Waals surface area contributed by atoms with Gasteiger partial charge in [-0.1, -0.05) is 0 Å². The Labute approximate surface area is 126 Å². The van der Waals surface area contributed by atoms with Crippen LogP contribution in [0.15, 0.2) is 5.34 Å².